The maximum atomic E-state index is 12.3. The molecule has 4 heterocycles. The van der Waals surface area contributed by atoms with Crippen molar-refractivity contribution in [1.82, 2.24) is 24.5 Å². The van der Waals surface area contributed by atoms with Gasteiger partial charge in [-0.3, -0.25) is 4.57 Å². The van der Waals surface area contributed by atoms with E-state index >= 15 is 0 Å². The molecule has 188 valence electrons. The summed E-state index contributed by atoms with van der Waals surface area (Å²) >= 11 is 0. The highest BCUT2D eigenvalue weighted by Gasteiger charge is 2.43. The summed E-state index contributed by atoms with van der Waals surface area (Å²) in [4.78, 5) is 17.1. The van der Waals surface area contributed by atoms with Crippen molar-refractivity contribution in [2.45, 2.75) is 76.4 Å². The zero-order chi connectivity index (χ0) is 24.5. The third-order valence-electron chi connectivity index (χ3n) is 6.25. The Hall–Kier alpha value is -3.16. The predicted molar refractivity (Wildman–Crippen MR) is 118 cm³/mol. The van der Waals surface area contributed by atoms with Crippen LogP contribution in [0.4, 0.5) is 14.7 Å². The Labute approximate surface area is 199 Å². The van der Waals surface area contributed by atoms with Crippen molar-refractivity contribution in [2.75, 3.05) is 5.32 Å². The minimum Gasteiger partial charge on any atom is -0.471 e. The summed E-state index contributed by atoms with van der Waals surface area (Å²) in [5.74, 6) is 0.441. The fraction of sp³-hybridized carbons (Fsp3) is 0.545. The monoisotopic (exact) mass is 492 g/mol. The van der Waals surface area contributed by atoms with Crippen LogP contribution < -0.4 is 14.8 Å². The minimum absolute atomic E-state index is 0.0463. The lowest BCUT2D eigenvalue weighted by Gasteiger charge is -2.21. The molecule has 11 nitrogen and oxygen atoms in total. The van der Waals surface area contributed by atoms with Crippen LogP contribution in [0.3, 0.4) is 0 Å². The summed E-state index contributed by atoms with van der Waals surface area (Å²) in [5.41, 5.74) is 1.33. The third kappa shape index (κ3) is 4.83. The number of rotatable bonds is 8. The Morgan fingerprint density at radius 2 is 1.97 bits per heavy atom. The average molecular weight is 492 g/mol. The van der Waals surface area contributed by atoms with E-state index in [0.717, 1.165) is 25.7 Å². The maximum Gasteiger partial charge on any atom is 0.388 e. The number of hydrogen-bond acceptors (Lipinski definition) is 10. The molecule has 2 fully saturated rings. The van der Waals surface area contributed by atoms with E-state index in [1.54, 1.807) is 17.6 Å². The Bertz CT molecular complexity index is 1160. The molecule has 0 spiro atoms. The van der Waals surface area contributed by atoms with Gasteiger partial charge in [-0.25, -0.2) is 15.0 Å². The molecule has 0 aromatic carbocycles. The number of alkyl halides is 2. The Kier molecular flexibility index (Phi) is 6.62. The number of hydrogen-bond donors (Lipinski definition) is 3. The number of pyridine rings is 1. The van der Waals surface area contributed by atoms with Gasteiger partial charge in [0.15, 0.2) is 17.4 Å². The summed E-state index contributed by atoms with van der Waals surface area (Å²) in [7, 11) is 0. The van der Waals surface area contributed by atoms with Crippen LogP contribution in [-0.2, 0) is 11.3 Å². The summed E-state index contributed by atoms with van der Waals surface area (Å²) in [6.07, 6.45) is 3.18. The Morgan fingerprint density at radius 1 is 1.17 bits per heavy atom. The van der Waals surface area contributed by atoms with Crippen LogP contribution in [0.5, 0.6) is 11.8 Å². The highest BCUT2D eigenvalue weighted by atomic mass is 19.3. The topological polar surface area (TPSA) is 137 Å². The van der Waals surface area contributed by atoms with Gasteiger partial charge in [-0.05, 0) is 25.8 Å². The molecule has 3 aromatic rings. The zero-order valence-electron chi connectivity index (χ0n) is 18.9. The molecule has 0 bridgehead atoms. The van der Waals surface area contributed by atoms with E-state index in [9.17, 15) is 19.0 Å². The van der Waals surface area contributed by atoms with E-state index in [1.165, 1.54) is 18.6 Å². The predicted octanol–water partition coefficient (Wildman–Crippen LogP) is 2.40. The lowest BCUT2D eigenvalue weighted by molar-refractivity contribution is -0.0528. The van der Waals surface area contributed by atoms with E-state index in [4.69, 9.17) is 9.47 Å². The number of anilines is 1. The highest BCUT2D eigenvalue weighted by Crippen LogP contribution is 2.37. The van der Waals surface area contributed by atoms with Gasteiger partial charge >= 0.3 is 6.61 Å². The van der Waals surface area contributed by atoms with Crippen LogP contribution in [-0.4, -0.2) is 65.7 Å². The van der Waals surface area contributed by atoms with Crippen LogP contribution in [0.15, 0.2) is 24.7 Å². The molecule has 5 rings (SSSR count). The van der Waals surface area contributed by atoms with Gasteiger partial charge in [-0.2, -0.15) is 13.8 Å². The Balaban J connectivity index is 1.44. The van der Waals surface area contributed by atoms with Crippen LogP contribution in [0.2, 0.25) is 0 Å². The fourth-order valence-electron chi connectivity index (χ4n) is 4.44. The van der Waals surface area contributed by atoms with Crippen molar-refractivity contribution in [3.05, 3.63) is 30.2 Å². The van der Waals surface area contributed by atoms with Crippen molar-refractivity contribution < 1.29 is 33.2 Å². The number of aliphatic hydroxyl groups excluding tert-OH is 2. The molecule has 1 aliphatic carbocycles. The number of halogens is 2. The number of nitrogens with zero attached hydrogens (tertiary/aromatic N) is 5. The fourth-order valence-corrected chi connectivity index (χ4v) is 4.44. The summed E-state index contributed by atoms with van der Waals surface area (Å²) < 4.78 is 42.3. The van der Waals surface area contributed by atoms with E-state index in [0.29, 0.717) is 22.7 Å². The summed E-state index contributed by atoms with van der Waals surface area (Å²) in [6.45, 7) is -1.22. The lowest BCUT2D eigenvalue weighted by Crippen LogP contribution is -2.31. The summed E-state index contributed by atoms with van der Waals surface area (Å²) in [5, 5.41) is 24.3. The third-order valence-corrected chi connectivity index (χ3v) is 6.25. The van der Waals surface area contributed by atoms with Gasteiger partial charge in [-0.1, -0.05) is 12.8 Å². The molecule has 0 unspecified atom stereocenters. The first-order chi connectivity index (χ1) is 16.9. The van der Waals surface area contributed by atoms with Crippen molar-refractivity contribution in [3.8, 4) is 11.8 Å². The van der Waals surface area contributed by atoms with Crippen LogP contribution in [0, 0.1) is 0 Å². The molecule has 13 heteroatoms. The first-order valence-corrected chi connectivity index (χ1v) is 11.4. The van der Waals surface area contributed by atoms with Gasteiger partial charge in [0.1, 0.15) is 25.1 Å². The average Bonchev–Trinajstić information content (AvgIpc) is 3.54. The molecule has 0 amide bonds. The largest absolute Gasteiger partial charge is 0.471 e. The normalized spacial score (nSPS) is 25.0. The number of fused-ring (bicyclic) bond motifs is 1. The van der Waals surface area contributed by atoms with E-state index in [-0.39, 0.29) is 24.4 Å². The molecule has 1 saturated carbocycles. The van der Waals surface area contributed by atoms with Gasteiger partial charge in [0.05, 0.1) is 6.10 Å². The van der Waals surface area contributed by atoms with E-state index in [2.05, 4.69) is 30.0 Å². The molecule has 1 aliphatic heterocycles. The number of ether oxygens (including phenoxy) is 3. The molecule has 1 saturated heterocycles. The zero-order valence-corrected chi connectivity index (χ0v) is 18.9. The van der Waals surface area contributed by atoms with Gasteiger partial charge in [0, 0.05) is 23.9 Å². The van der Waals surface area contributed by atoms with Gasteiger partial charge in [0.2, 0.25) is 17.7 Å². The van der Waals surface area contributed by atoms with Crippen molar-refractivity contribution >= 4 is 17.1 Å². The van der Waals surface area contributed by atoms with E-state index in [1.807, 2.05) is 0 Å². The van der Waals surface area contributed by atoms with Crippen molar-refractivity contribution in [1.29, 1.82) is 0 Å². The Morgan fingerprint density at radius 3 is 2.63 bits per heavy atom. The second-order valence-corrected chi connectivity index (χ2v) is 8.67. The first-order valence-electron chi connectivity index (χ1n) is 11.4. The van der Waals surface area contributed by atoms with Crippen LogP contribution >= 0.6 is 0 Å². The first kappa shape index (κ1) is 23.6. The van der Waals surface area contributed by atoms with Gasteiger partial charge in [-0.15, -0.1) is 0 Å². The molecule has 3 N–H and O–H groups in total. The second kappa shape index (κ2) is 9.84. The number of aromatic nitrogens is 5. The van der Waals surface area contributed by atoms with Crippen LogP contribution in [0.1, 0.15) is 44.4 Å². The quantitative estimate of drug-likeness (QED) is 0.430. The van der Waals surface area contributed by atoms with Gasteiger partial charge in [0.25, 0.3) is 0 Å². The lowest BCUT2D eigenvalue weighted by atomic mass is 10.1. The van der Waals surface area contributed by atoms with Crippen LogP contribution in [0.25, 0.3) is 11.2 Å². The standard InChI is InChI=1S/C22H26F2N6O5/c1-11-16(31)17(32)20(34-11)30-18-15(29-22(30)28-13-4-2-3-5-13)19(27-10-26-18)33-9-12-6-7-14(25-8-12)35-21(23)24/h6-8,10-11,13,16-17,20-21,31-32H,2-5,9H2,1H3,(H,28,29)/t11-,16-,17-,20-/m1/s1. The molecule has 4 atom stereocenters. The SMILES string of the molecule is C[C@H]1O[C@@H](n2c(NC3CCCC3)nc3c(OCc4ccc(OC(F)F)nc4)ncnc32)[C@H](O)[C@@H]1O. The number of aliphatic hydroxyl groups is 2. The minimum atomic E-state index is -2.95. The number of nitrogens with one attached hydrogen (secondary N) is 1. The van der Waals surface area contributed by atoms with Gasteiger partial charge < -0.3 is 29.7 Å². The molecule has 35 heavy (non-hydrogen) atoms. The molecular weight excluding hydrogens is 466 g/mol. The second-order valence-electron chi connectivity index (χ2n) is 8.67. The van der Waals surface area contributed by atoms with Crippen molar-refractivity contribution in [3.63, 3.8) is 0 Å². The maximum absolute atomic E-state index is 12.3. The molecular formula is C22H26F2N6O5. The smallest absolute Gasteiger partial charge is 0.388 e. The highest BCUT2D eigenvalue weighted by molar-refractivity contribution is 5.79. The molecule has 0 radical (unpaired) electrons. The number of imidazole rings is 1. The van der Waals surface area contributed by atoms with Crippen molar-refractivity contribution in [2.24, 2.45) is 0 Å². The van der Waals surface area contributed by atoms with E-state index < -0.39 is 31.2 Å². The molecule has 2 aliphatic rings. The summed E-state index contributed by atoms with van der Waals surface area (Å²) in [6, 6.07) is 3.09. The molecule has 3 aromatic heterocycles.